The van der Waals surface area contributed by atoms with Gasteiger partial charge in [0.1, 0.15) is 0 Å². The first kappa shape index (κ1) is 18.2. The lowest BCUT2D eigenvalue weighted by atomic mass is 10.1. The fourth-order valence-electron chi connectivity index (χ4n) is 2.19. The van der Waals surface area contributed by atoms with Gasteiger partial charge in [-0.3, -0.25) is 14.4 Å². The van der Waals surface area contributed by atoms with E-state index in [-0.39, 0.29) is 23.8 Å². The molecule has 6 nitrogen and oxygen atoms in total. The summed E-state index contributed by atoms with van der Waals surface area (Å²) in [4.78, 5) is 35.4. The average Bonchev–Trinajstić information content (AvgIpc) is 2.55. The quantitative estimate of drug-likeness (QED) is 0.782. The highest BCUT2D eigenvalue weighted by molar-refractivity contribution is 6.06. The summed E-state index contributed by atoms with van der Waals surface area (Å²) >= 11 is 0. The number of nitrogens with one attached hydrogen (secondary N) is 3. The van der Waals surface area contributed by atoms with Crippen LogP contribution in [0.3, 0.4) is 0 Å². The van der Waals surface area contributed by atoms with E-state index in [0.29, 0.717) is 22.5 Å². The van der Waals surface area contributed by atoms with Crippen LogP contribution in [0.1, 0.15) is 41.5 Å². The summed E-state index contributed by atoms with van der Waals surface area (Å²) in [7, 11) is 0. The minimum atomic E-state index is -0.313. The molecule has 0 saturated heterocycles. The molecule has 0 aliphatic carbocycles. The number of rotatable bonds is 5. The molecule has 2 aromatic carbocycles. The third-order valence-corrected chi connectivity index (χ3v) is 3.27. The fourth-order valence-corrected chi connectivity index (χ4v) is 2.19. The molecule has 0 heterocycles. The number of carbonyl (C=O) groups is 3. The van der Waals surface area contributed by atoms with Crippen LogP contribution >= 0.6 is 0 Å². The summed E-state index contributed by atoms with van der Waals surface area (Å²) in [6.07, 6.45) is 0. The Morgan fingerprint density at radius 3 is 1.84 bits per heavy atom. The molecule has 0 aliphatic rings. The summed E-state index contributed by atoms with van der Waals surface area (Å²) in [5.74, 6) is -0.691. The Morgan fingerprint density at radius 1 is 0.800 bits per heavy atom. The second kappa shape index (κ2) is 8.10. The van der Waals surface area contributed by atoms with E-state index in [4.69, 9.17) is 0 Å². The predicted octanol–water partition coefficient (Wildman–Crippen LogP) is 3.04. The van der Waals surface area contributed by atoms with E-state index >= 15 is 0 Å². The topological polar surface area (TPSA) is 87.3 Å². The Kier molecular flexibility index (Phi) is 5.89. The molecule has 25 heavy (non-hydrogen) atoms. The maximum absolute atomic E-state index is 12.4. The number of hydrogen-bond acceptors (Lipinski definition) is 3. The minimum absolute atomic E-state index is 0.0205. The van der Waals surface area contributed by atoms with Crippen molar-refractivity contribution in [2.75, 3.05) is 10.6 Å². The Hall–Kier alpha value is -3.15. The standard InChI is InChI=1S/C19H21N3O3/c1-12(2)20-18(24)14-5-4-6-15(11-14)19(25)22-17-9-7-16(8-10-17)21-13(3)23/h4-12H,1-3H3,(H,20,24)(H,21,23)(H,22,25). The lowest BCUT2D eigenvalue weighted by Gasteiger charge is -2.10. The summed E-state index contributed by atoms with van der Waals surface area (Å²) in [6, 6.07) is 13.3. The van der Waals surface area contributed by atoms with Gasteiger partial charge in [0.25, 0.3) is 11.8 Å². The molecule has 0 aromatic heterocycles. The van der Waals surface area contributed by atoms with Crippen molar-refractivity contribution in [2.24, 2.45) is 0 Å². The van der Waals surface area contributed by atoms with Crippen molar-refractivity contribution >= 4 is 29.1 Å². The van der Waals surface area contributed by atoms with Crippen molar-refractivity contribution in [3.05, 3.63) is 59.7 Å². The van der Waals surface area contributed by atoms with Crippen LogP contribution in [0.2, 0.25) is 0 Å². The highest BCUT2D eigenvalue weighted by atomic mass is 16.2. The van der Waals surface area contributed by atoms with Crippen LogP contribution in [0.25, 0.3) is 0 Å². The van der Waals surface area contributed by atoms with Crippen LogP contribution in [0.15, 0.2) is 48.5 Å². The minimum Gasteiger partial charge on any atom is -0.350 e. The maximum Gasteiger partial charge on any atom is 0.255 e. The number of benzene rings is 2. The number of hydrogen-bond donors (Lipinski definition) is 3. The molecule has 0 unspecified atom stereocenters. The average molecular weight is 339 g/mol. The van der Waals surface area contributed by atoms with Crippen LogP contribution in [-0.2, 0) is 4.79 Å². The Labute approximate surface area is 146 Å². The van der Waals surface area contributed by atoms with Crippen molar-refractivity contribution in [1.82, 2.24) is 5.32 Å². The Morgan fingerprint density at radius 2 is 1.32 bits per heavy atom. The summed E-state index contributed by atoms with van der Waals surface area (Å²) in [5.41, 5.74) is 2.07. The van der Waals surface area contributed by atoms with Gasteiger partial charge in [-0.1, -0.05) is 6.07 Å². The van der Waals surface area contributed by atoms with Crippen LogP contribution in [0.5, 0.6) is 0 Å². The van der Waals surface area contributed by atoms with E-state index in [9.17, 15) is 14.4 Å². The molecule has 3 N–H and O–H groups in total. The zero-order valence-corrected chi connectivity index (χ0v) is 14.4. The first-order chi connectivity index (χ1) is 11.8. The van der Waals surface area contributed by atoms with Crippen molar-refractivity contribution in [3.63, 3.8) is 0 Å². The van der Waals surface area contributed by atoms with E-state index in [1.807, 2.05) is 13.8 Å². The summed E-state index contributed by atoms with van der Waals surface area (Å²) < 4.78 is 0. The zero-order chi connectivity index (χ0) is 18.4. The molecular weight excluding hydrogens is 318 g/mol. The number of anilines is 2. The van der Waals surface area contributed by atoms with E-state index in [1.165, 1.54) is 6.92 Å². The lowest BCUT2D eigenvalue weighted by molar-refractivity contribution is -0.114. The molecule has 0 aliphatic heterocycles. The van der Waals surface area contributed by atoms with Gasteiger partial charge in [0, 0.05) is 35.5 Å². The molecule has 0 radical (unpaired) electrons. The van der Waals surface area contributed by atoms with Crippen LogP contribution in [0.4, 0.5) is 11.4 Å². The van der Waals surface area contributed by atoms with Gasteiger partial charge in [-0.15, -0.1) is 0 Å². The Bertz CT molecular complexity index is 783. The maximum atomic E-state index is 12.4. The third-order valence-electron chi connectivity index (χ3n) is 3.27. The third kappa shape index (κ3) is 5.46. The molecule has 0 fully saturated rings. The van der Waals surface area contributed by atoms with E-state index < -0.39 is 0 Å². The van der Waals surface area contributed by atoms with Gasteiger partial charge in [0.05, 0.1) is 0 Å². The smallest absolute Gasteiger partial charge is 0.255 e. The molecule has 0 atom stereocenters. The highest BCUT2D eigenvalue weighted by Crippen LogP contribution is 2.15. The first-order valence-corrected chi connectivity index (χ1v) is 7.95. The summed E-state index contributed by atoms with van der Waals surface area (Å²) in [5, 5.41) is 8.21. The normalized spacial score (nSPS) is 10.2. The van der Waals surface area contributed by atoms with Crippen molar-refractivity contribution in [3.8, 4) is 0 Å². The molecule has 2 aromatic rings. The van der Waals surface area contributed by atoms with Crippen LogP contribution < -0.4 is 16.0 Å². The molecule has 2 rings (SSSR count). The molecule has 6 heteroatoms. The van der Waals surface area contributed by atoms with Gasteiger partial charge in [-0.2, -0.15) is 0 Å². The van der Waals surface area contributed by atoms with Crippen molar-refractivity contribution in [1.29, 1.82) is 0 Å². The van der Waals surface area contributed by atoms with Gasteiger partial charge < -0.3 is 16.0 Å². The monoisotopic (exact) mass is 339 g/mol. The second-order valence-electron chi connectivity index (χ2n) is 5.92. The lowest BCUT2D eigenvalue weighted by Crippen LogP contribution is -2.30. The molecule has 130 valence electrons. The molecular formula is C19H21N3O3. The van der Waals surface area contributed by atoms with E-state index in [0.717, 1.165) is 0 Å². The number of amides is 3. The zero-order valence-electron chi connectivity index (χ0n) is 14.4. The van der Waals surface area contributed by atoms with Gasteiger partial charge >= 0.3 is 0 Å². The second-order valence-corrected chi connectivity index (χ2v) is 5.92. The van der Waals surface area contributed by atoms with Crippen molar-refractivity contribution in [2.45, 2.75) is 26.8 Å². The fraction of sp³-hybridized carbons (Fsp3) is 0.211. The van der Waals surface area contributed by atoms with Crippen LogP contribution in [0, 0.1) is 0 Å². The Balaban J connectivity index is 2.08. The molecule has 3 amide bonds. The SMILES string of the molecule is CC(=O)Nc1ccc(NC(=O)c2cccc(C(=O)NC(C)C)c2)cc1. The molecule has 0 spiro atoms. The van der Waals surface area contributed by atoms with Gasteiger partial charge in [0.15, 0.2) is 0 Å². The highest BCUT2D eigenvalue weighted by Gasteiger charge is 2.11. The first-order valence-electron chi connectivity index (χ1n) is 7.95. The van der Waals surface area contributed by atoms with Crippen molar-refractivity contribution < 1.29 is 14.4 Å². The molecule has 0 saturated carbocycles. The van der Waals surface area contributed by atoms with Gasteiger partial charge in [0.2, 0.25) is 5.91 Å². The molecule has 0 bridgehead atoms. The van der Waals surface area contributed by atoms with E-state index in [2.05, 4.69) is 16.0 Å². The van der Waals surface area contributed by atoms with E-state index in [1.54, 1.807) is 48.5 Å². The largest absolute Gasteiger partial charge is 0.350 e. The van der Waals surface area contributed by atoms with Gasteiger partial charge in [-0.05, 0) is 56.3 Å². The van der Waals surface area contributed by atoms with Gasteiger partial charge in [-0.25, -0.2) is 0 Å². The number of carbonyl (C=O) groups excluding carboxylic acids is 3. The predicted molar refractivity (Wildman–Crippen MR) is 97.7 cm³/mol. The summed E-state index contributed by atoms with van der Waals surface area (Å²) in [6.45, 7) is 5.18. The van der Waals surface area contributed by atoms with Crippen LogP contribution in [-0.4, -0.2) is 23.8 Å².